The third kappa shape index (κ3) is 5.78. The average Bonchev–Trinajstić information content (AvgIpc) is 2.63. The second-order valence-corrected chi connectivity index (χ2v) is 5.49. The summed E-state index contributed by atoms with van der Waals surface area (Å²) < 4.78 is 10.5. The highest BCUT2D eigenvalue weighted by Crippen LogP contribution is 2.14. The highest BCUT2D eigenvalue weighted by Gasteiger charge is 2.28. The fraction of sp³-hybridized carbons (Fsp3) is 0.263. The molecule has 2 aromatic rings. The number of benzene rings is 2. The lowest BCUT2D eigenvalue weighted by atomic mass is 10.1. The van der Waals surface area contributed by atoms with E-state index in [1.807, 2.05) is 0 Å². The lowest BCUT2D eigenvalue weighted by Crippen LogP contribution is -2.51. The molecule has 1 unspecified atom stereocenters. The van der Waals surface area contributed by atoms with E-state index in [9.17, 15) is 19.8 Å². The number of carbonyl (C=O) groups excluding carboxylic acids is 1. The molecule has 26 heavy (non-hydrogen) atoms. The first-order valence-electron chi connectivity index (χ1n) is 8.14. The summed E-state index contributed by atoms with van der Waals surface area (Å²) in [6.45, 7) is 1.84. The van der Waals surface area contributed by atoms with Crippen LogP contribution in [0.5, 0.6) is 11.5 Å². The number of esters is 1. The summed E-state index contributed by atoms with van der Waals surface area (Å²) in [6, 6.07) is 13.8. The van der Waals surface area contributed by atoms with E-state index in [1.54, 1.807) is 49.4 Å². The normalized spacial score (nSPS) is 12.8. The maximum absolute atomic E-state index is 12.2. The molecule has 7 heteroatoms. The molecule has 0 saturated carbocycles. The molecule has 2 aromatic carbocycles. The predicted molar refractivity (Wildman–Crippen MR) is 93.9 cm³/mol. The third-order valence-corrected chi connectivity index (χ3v) is 3.52. The van der Waals surface area contributed by atoms with Gasteiger partial charge >= 0.3 is 11.9 Å². The van der Waals surface area contributed by atoms with Crippen molar-refractivity contribution in [1.29, 1.82) is 0 Å². The summed E-state index contributed by atoms with van der Waals surface area (Å²) in [4.78, 5) is 23.8. The maximum atomic E-state index is 12.2. The van der Waals surface area contributed by atoms with Gasteiger partial charge in [0.15, 0.2) is 0 Å². The Bertz CT molecular complexity index is 717. The average molecular weight is 359 g/mol. The van der Waals surface area contributed by atoms with Gasteiger partial charge < -0.3 is 19.7 Å². The summed E-state index contributed by atoms with van der Waals surface area (Å²) in [5.41, 5.74) is 0.734. The number of nitrogens with one attached hydrogen (secondary N) is 1. The fourth-order valence-electron chi connectivity index (χ4n) is 2.29. The summed E-state index contributed by atoms with van der Waals surface area (Å²) in [7, 11) is 0. The van der Waals surface area contributed by atoms with Crippen LogP contribution in [-0.2, 0) is 20.7 Å². The lowest BCUT2D eigenvalue weighted by molar-refractivity contribution is -0.151. The van der Waals surface area contributed by atoms with Gasteiger partial charge in [-0.05, 0) is 43.2 Å². The zero-order valence-corrected chi connectivity index (χ0v) is 14.3. The second-order valence-electron chi connectivity index (χ2n) is 5.49. The van der Waals surface area contributed by atoms with Gasteiger partial charge in [-0.25, -0.2) is 4.79 Å². The van der Waals surface area contributed by atoms with Crippen LogP contribution in [0.25, 0.3) is 0 Å². The number of phenols is 1. The zero-order valence-electron chi connectivity index (χ0n) is 14.3. The van der Waals surface area contributed by atoms with Crippen LogP contribution in [0, 0.1) is 0 Å². The van der Waals surface area contributed by atoms with Crippen molar-refractivity contribution in [2.75, 3.05) is 6.61 Å². The third-order valence-electron chi connectivity index (χ3n) is 3.52. The van der Waals surface area contributed by atoms with Crippen molar-refractivity contribution in [1.82, 2.24) is 5.32 Å². The van der Waals surface area contributed by atoms with E-state index in [0.717, 1.165) is 5.56 Å². The van der Waals surface area contributed by atoms with Gasteiger partial charge in [0.2, 0.25) is 6.23 Å². The number of phenolic OH excluding ortho intramolecular Hbond substituents is 1. The molecule has 0 fully saturated rings. The largest absolute Gasteiger partial charge is 0.508 e. The first-order chi connectivity index (χ1) is 12.5. The van der Waals surface area contributed by atoms with Crippen molar-refractivity contribution >= 4 is 11.9 Å². The van der Waals surface area contributed by atoms with E-state index < -0.39 is 24.2 Å². The number of carbonyl (C=O) groups is 2. The monoisotopic (exact) mass is 359 g/mol. The Balaban J connectivity index is 2.15. The van der Waals surface area contributed by atoms with Gasteiger partial charge in [0.1, 0.15) is 17.5 Å². The van der Waals surface area contributed by atoms with E-state index in [-0.39, 0.29) is 18.8 Å². The Hall–Kier alpha value is -3.06. The van der Waals surface area contributed by atoms with Crippen molar-refractivity contribution in [2.24, 2.45) is 0 Å². The minimum Gasteiger partial charge on any atom is -0.508 e. The van der Waals surface area contributed by atoms with E-state index >= 15 is 0 Å². The Kier molecular flexibility index (Phi) is 6.99. The Morgan fingerprint density at radius 3 is 2.31 bits per heavy atom. The summed E-state index contributed by atoms with van der Waals surface area (Å²) in [5, 5.41) is 21.5. The number of carboxylic acids is 1. The molecular weight excluding hydrogens is 338 g/mol. The Morgan fingerprint density at radius 2 is 1.73 bits per heavy atom. The van der Waals surface area contributed by atoms with Crippen molar-refractivity contribution < 1.29 is 29.3 Å². The van der Waals surface area contributed by atoms with Gasteiger partial charge in [-0.2, -0.15) is 0 Å². The van der Waals surface area contributed by atoms with E-state index in [2.05, 4.69) is 5.32 Å². The van der Waals surface area contributed by atoms with E-state index in [0.29, 0.717) is 5.75 Å². The summed E-state index contributed by atoms with van der Waals surface area (Å²) in [5.74, 6) is -1.37. The van der Waals surface area contributed by atoms with Crippen LogP contribution in [0.2, 0.25) is 0 Å². The van der Waals surface area contributed by atoms with Crippen LogP contribution >= 0.6 is 0 Å². The van der Waals surface area contributed by atoms with Crippen LogP contribution in [-0.4, -0.2) is 41.0 Å². The number of aromatic hydroxyl groups is 1. The van der Waals surface area contributed by atoms with Crippen LogP contribution in [0.1, 0.15) is 12.5 Å². The predicted octanol–water partition coefficient (Wildman–Crippen LogP) is 1.95. The van der Waals surface area contributed by atoms with Gasteiger partial charge in [0.05, 0.1) is 6.61 Å². The molecular formula is C19H21NO6. The molecule has 138 valence electrons. The smallest absolute Gasteiger partial charge is 0.360 e. The number of aliphatic carboxylic acids is 1. The van der Waals surface area contributed by atoms with Crippen molar-refractivity contribution in [2.45, 2.75) is 25.6 Å². The quantitative estimate of drug-likeness (QED) is 0.464. The zero-order chi connectivity index (χ0) is 18.9. The standard InChI is InChI=1S/C19H21NO6/c1-2-25-19(24)16(12-13-8-10-14(21)11-9-13)20-17(18(22)23)26-15-6-4-3-5-7-15/h3-11,16-17,20-21H,2,12H2,1H3,(H,22,23)/t16-,17?/m0/s1. The lowest BCUT2D eigenvalue weighted by Gasteiger charge is -2.23. The summed E-state index contributed by atoms with van der Waals surface area (Å²) in [6.07, 6.45) is -1.25. The molecule has 2 rings (SSSR count). The Labute approximate surface area is 151 Å². The van der Waals surface area contributed by atoms with Crippen LogP contribution in [0.3, 0.4) is 0 Å². The second kappa shape index (κ2) is 9.43. The highest BCUT2D eigenvalue weighted by atomic mass is 16.5. The van der Waals surface area contributed by atoms with Crippen molar-refractivity contribution in [3.63, 3.8) is 0 Å². The molecule has 0 aliphatic rings. The van der Waals surface area contributed by atoms with Crippen molar-refractivity contribution in [3.05, 3.63) is 60.2 Å². The molecule has 2 atom stereocenters. The molecule has 0 saturated heterocycles. The molecule has 7 nitrogen and oxygen atoms in total. The van der Waals surface area contributed by atoms with Crippen LogP contribution in [0.4, 0.5) is 0 Å². The molecule has 0 amide bonds. The molecule has 0 heterocycles. The van der Waals surface area contributed by atoms with E-state index in [4.69, 9.17) is 9.47 Å². The van der Waals surface area contributed by atoms with Crippen molar-refractivity contribution in [3.8, 4) is 11.5 Å². The number of carboxylic acid groups (broad SMARTS) is 1. The minimum absolute atomic E-state index is 0.102. The molecule has 3 N–H and O–H groups in total. The fourth-order valence-corrected chi connectivity index (χ4v) is 2.29. The molecule has 0 radical (unpaired) electrons. The van der Waals surface area contributed by atoms with Gasteiger partial charge in [-0.15, -0.1) is 0 Å². The number of hydrogen-bond acceptors (Lipinski definition) is 6. The van der Waals surface area contributed by atoms with Gasteiger partial charge in [0.25, 0.3) is 0 Å². The highest BCUT2D eigenvalue weighted by molar-refractivity contribution is 5.78. The topological polar surface area (TPSA) is 105 Å². The van der Waals surface area contributed by atoms with Gasteiger partial charge in [-0.1, -0.05) is 30.3 Å². The van der Waals surface area contributed by atoms with Gasteiger partial charge in [-0.3, -0.25) is 10.1 Å². The number of para-hydroxylation sites is 1. The summed E-state index contributed by atoms with van der Waals surface area (Å²) >= 11 is 0. The molecule has 0 aliphatic carbocycles. The number of rotatable bonds is 9. The number of ether oxygens (including phenoxy) is 2. The van der Waals surface area contributed by atoms with Crippen LogP contribution in [0.15, 0.2) is 54.6 Å². The first-order valence-corrected chi connectivity index (χ1v) is 8.14. The maximum Gasteiger partial charge on any atom is 0.360 e. The molecule has 0 aliphatic heterocycles. The molecule has 0 bridgehead atoms. The molecule has 0 spiro atoms. The Morgan fingerprint density at radius 1 is 1.08 bits per heavy atom. The number of hydrogen-bond donors (Lipinski definition) is 3. The minimum atomic E-state index is -1.43. The van der Waals surface area contributed by atoms with E-state index in [1.165, 1.54) is 12.1 Å². The molecule has 0 aromatic heterocycles. The first kappa shape index (κ1) is 19.3. The SMILES string of the molecule is CCOC(=O)[C@H](Cc1ccc(O)cc1)NC(Oc1ccccc1)C(=O)O. The van der Waals surface area contributed by atoms with Gasteiger partial charge in [0, 0.05) is 0 Å². The van der Waals surface area contributed by atoms with Crippen LogP contribution < -0.4 is 10.1 Å².